The maximum atomic E-state index is 11.7. The Kier molecular flexibility index (Phi) is 4.90. The molecule has 4 rings (SSSR count). The molecule has 4 aliphatic carbocycles. The van der Waals surface area contributed by atoms with E-state index in [9.17, 15) is 19.8 Å². The van der Waals surface area contributed by atoms with Gasteiger partial charge in [-0.05, 0) is 60.7 Å². The molecule has 7 atom stereocenters. The average Bonchev–Trinajstić information content (AvgIpc) is 2.91. The molecule has 0 spiro atoms. The minimum Gasteiger partial charge on any atom is -0.422 e. The third-order valence-electron chi connectivity index (χ3n) is 8.75. The lowest BCUT2D eigenvalue weighted by molar-refractivity contribution is -0.239. The summed E-state index contributed by atoms with van der Waals surface area (Å²) >= 11 is 0. The van der Waals surface area contributed by atoms with Crippen LogP contribution in [0.2, 0.25) is 0 Å². The summed E-state index contributed by atoms with van der Waals surface area (Å²) in [6.07, 6.45) is 6.26. The summed E-state index contributed by atoms with van der Waals surface area (Å²) in [5.41, 5.74) is 0.794. The standard InChI is InChI=1S/C23H34O6/c1-13(24)28-23(29-14(2)25)10-9-21(3)15(12-23)11-18(26)20-16-5-6-19(27)22(16,4)8-7-17(20)21/h11,16-20,26-27H,5-10,12H2,1-4H3/t16-,17-,18-,19-,20-,21-,22-/m0/s1. The van der Waals surface area contributed by atoms with Gasteiger partial charge in [0.1, 0.15) is 0 Å². The van der Waals surface area contributed by atoms with Gasteiger partial charge in [0.05, 0.1) is 12.2 Å². The predicted octanol–water partition coefficient (Wildman–Crippen LogP) is 3.10. The van der Waals surface area contributed by atoms with Crippen LogP contribution < -0.4 is 0 Å². The van der Waals surface area contributed by atoms with Gasteiger partial charge in [0.2, 0.25) is 0 Å². The van der Waals surface area contributed by atoms with Crippen LogP contribution >= 0.6 is 0 Å². The predicted molar refractivity (Wildman–Crippen MR) is 105 cm³/mol. The van der Waals surface area contributed by atoms with Crippen molar-refractivity contribution < 1.29 is 29.3 Å². The van der Waals surface area contributed by atoms with Gasteiger partial charge in [-0.15, -0.1) is 0 Å². The molecule has 0 aliphatic heterocycles. The second-order valence-corrected chi connectivity index (χ2v) is 10.3. The van der Waals surface area contributed by atoms with Gasteiger partial charge in [0, 0.05) is 26.7 Å². The van der Waals surface area contributed by atoms with Crippen molar-refractivity contribution >= 4 is 11.9 Å². The number of carbonyl (C=O) groups is 2. The Morgan fingerprint density at radius 3 is 2.24 bits per heavy atom. The fourth-order valence-electron chi connectivity index (χ4n) is 7.29. The van der Waals surface area contributed by atoms with Crippen molar-refractivity contribution in [1.82, 2.24) is 0 Å². The number of rotatable bonds is 2. The summed E-state index contributed by atoms with van der Waals surface area (Å²) in [4.78, 5) is 23.4. The van der Waals surface area contributed by atoms with E-state index in [4.69, 9.17) is 9.47 Å². The van der Waals surface area contributed by atoms with Crippen LogP contribution in [0.15, 0.2) is 11.6 Å². The smallest absolute Gasteiger partial charge is 0.305 e. The summed E-state index contributed by atoms with van der Waals surface area (Å²) in [6, 6.07) is 0. The number of hydrogen-bond donors (Lipinski definition) is 2. The molecule has 3 saturated carbocycles. The summed E-state index contributed by atoms with van der Waals surface area (Å²) in [6.45, 7) is 7.09. The highest BCUT2D eigenvalue weighted by Crippen LogP contribution is 2.65. The fourth-order valence-corrected chi connectivity index (χ4v) is 7.29. The summed E-state index contributed by atoms with van der Waals surface area (Å²) in [5.74, 6) is -1.46. The van der Waals surface area contributed by atoms with Gasteiger partial charge in [-0.3, -0.25) is 9.59 Å². The van der Waals surface area contributed by atoms with Crippen LogP contribution in [0.25, 0.3) is 0 Å². The summed E-state index contributed by atoms with van der Waals surface area (Å²) in [5, 5.41) is 21.8. The lowest BCUT2D eigenvalue weighted by Gasteiger charge is -2.59. The van der Waals surface area contributed by atoms with Crippen LogP contribution in [-0.4, -0.2) is 40.1 Å². The van der Waals surface area contributed by atoms with Crippen molar-refractivity contribution in [2.24, 2.45) is 28.6 Å². The molecule has 4 aliphatic rings. The van der Waals surface area contributed by atoms with E-state index in [-0.39, 0.29) is 22.9 Å². The second kappa shape index (κ2) is 6.81. The first-order chi connectivity index (χ1) is 13.5. The molecule has 0 amide bonds. The van der Waals surface area contributed by atoms with Crippen molar-refractivity contribution in [2.45, 2.75) is 90.6 Å². The molecule has 0 bridgehead atoms. The van der Waals surface area contributed by atoms with Crippen LogP contribution in [0.4, 0.5) is 0 Å². The van der Waals surface area contributed by atoms with Crippen LogP contribution in [0, 0.1) is 28.6 Å². The molecule has 0 radical (unpaired) electrons. The molecule has 29 heavy (non-hydrogen) atoms. The normalized spacial score (nSPS) is 45.3. The molecule has 6 heteroatoms. The Morgan fingerprint density at radius 2 is 1.62 bits per heavy atom. The number of esters is 2. The molecule has 0 unspecified atom stereocenters. The number of ether oxygens (including phenoxy) is 2. The average molecular weight is 407 g/mol. The zero-order valence-electron chi connectivity index (χ0n) is 17.9. The van der Waals surface area contributed by atoms with E-state index in [1.54, 1.807) is 0 Å². The van der Waals surface area contributed by atoms with Crippen molar-refractivity contribution in [3.8, 4) is 0 Å². The van der Waals surface area contributed by atoms with Gasteiger partial charge in [-0.1, -0.05) is 25.5 Å². The Bertz CT molecular complexity index is 728. The molecule has 0 aromatic rings. The lowest BCUT2D eigenvalue weighted by Crippen LogP contribution is -2.57. The zero-order valence-corrected chi connectivity index (χ0v) is 17.9. The zero-order chi connectivity index (χ0) is 21.2. The van der Waals surface area contributed by atoms with Gasteiger partial charge in [-0.2, -0.15) is 0 Å². The monoisotopic (exact) mass is 406 g/mol. The summed E-state index contributed by atoms with van der Waals surface area (Å²) < 4.78 is 11.0. The first-order valence-corrected chi connectivity index (χ1v) is 11.0. The van der Waals surface area contributed by atoms with E-state index in [1.807, 2.05) is 6.08 Å². The lowest BCUT2D eigenvalue weighted by atomic mass is 9.47. The van der Waals surface area contributed by atoms with Gasteiger partial charge < -0.3 is 19.7 Å². The highest BCUT2D eigenvalue weighted by atomic mass is 16.7. The number of hydrogen-bond acceptors (Lipinski definition) is 6. The third kappa shape index (κ3) is 3.14. The fraction of sp³-hybridized carbons (Fsp3) is 0.826. The van der Waals surface area contributed by atoms with Crippen LogP contribution in [-0.2, 0) is 19.1 Å². The molecular formula is C23H34O6. The van der Waals surface area contributed by atoms with Crippen LogP contribution in [0.1, 0.15) is 72.6 Å². The van der Waals surface area contributed by atoms with Crippen molar-refractivity contribution in [2.75, 3.05) is 0 Å². The van der Waals surface area contributed by atoms with Crippen LogP contribution in [0.3, 0.4) is 0 Å². The van der Waals surface area contributed by atoms with E-state index < -0.39 is 23.8 Å². The molecule has 0 aromatic heterocycles. The van der Waals surface area contributed by atoms with Gasteiger partial charge in [-0.25, -0.2) is 0 Å². The molecular weight excluding hydrogens is 372 g/mol. The Balaban J connectivity index is 1.68. The molecule has 6 nitrogen and oxygen atoms in total. The maximum absolute atomic E-state index is 11.7. The molecule has 0 saturated heterocycles. The highest BCUT2D eigenvalue weighted by Gasteiger charge is 2.62. The van der Waals surface area contributed by atoms with E-state index >= 15 is 0 Å². The SMILES string of the molecule is CC(=O)OC1(OC(C)=O)CC[C@@]2(C)C(=C[C@H](O)[C@H]3[C@@H]4CC[C@H](O)[C@@]4(C)CC[C@@H]32)C1. The molecule has 0 aromatic carbocycles. The second-order valence-electron chi connectivity index (χ2n) is 10.3. The minimum atomic E-state index is -1.28. The van der Waals surface area contributed by atoms with Crippen molar-refractivity contribution in [3.63, 3.8) is 0 Å². The van der Waals surface area contributed by atoms with Crippen LogP contribution in [0.5, 0.6) is 0 Å². The Labute approximate surface area is 172 Å². The van der Waals surface area contributed by atoms with E-state index in [2.05, 4.69) is 13.8 Å². The minimum absolute atomic E-state index is 0.113. The van der Waals surface area contributed by atoms with E-state index in [0.717, 1.165) is 37.7 Å². The highest BCUT2D eigenvalue weighted by molar-refractivity contribution is 5.69. The first-order valence-electron chi connectivity index (χ1n) is 11.0. The molecule has 3 fully saturated rings. The maximum Gasteiger partial charge on any atom is 0.305 e. The molecule has 2 N–H and O–H groups in total. The van der Waals surface area contributed by atoms with Gasteiger partial charge in [0.15, 0.2) is 0 Å². The molecule has 0 heterocycles. The van der Waals surface area contributed by atoms with Gasteiger partial charge >= 0.3 is 11.9 Å². The third-order valence-corrected chi connectivity index (χ3v) is 8.75. The van der Waals surface area contributed by atoms with E-state index in [0.29, 0.717) is 24.7 Å². The quantitative estimate of drug-likeness (QED) is 0.416. The van der Waals surface area contributed by atoms with E-state index in [1.165, 1.54) is 13.8 Å². The molecule has 162 valence electrons. The number of carbonyl (C=O) groups excluding carboxylic acids is 2. The Hall–Kier alpha value is -1.40. The Morgan fingerprint density at radius 1 is 0.966 bits per heavy atom. The topological polar surface area (TPSA) is 93.1 Å². The largest absolute Gasteiger partial charge is 0.422 e. The number of fused-ring (bicyclic) bond motifs is 5. The number of aliphatic hydroxyl groups excluding tert-OH is 2. The van der Waals surface area contributed by atoms with Crippen molar-refractivity contribution in [1.29, 1.82) is 0 Å². The summed E-state index contributed by atoms with van der Waals surface area (Å²) in [7, 11) is 0. The first kappa shape index (κ1) is 20.9. The van der Waals surface area contributed by atoms with Gasteiger partial charge in [0.25, 0.3) is 5.79 Å². The van der Waals surface area contributed by atoms with Crippen molar-refractivity contribution in [3.05, 3.63) is 11.6 Å². The number of aliphatic hydroxyl groups is 2.